The van der Waals surface area contributed by atoms with Crippen molar-refractivity contribution in [2.75, 3.05) is 12.3 Å². The monoisotopic (exact) mass is 344 g/mol. The molecule has 0 aliphatic heterocycles. The van der Waals surface area contributed by atoms with E-state index in [1.54, 1.807) is 31.2 Å². The average molecular weight is 344 g/mol. The van der Waals surface area contributed by atoms with Crippen LogP contribution in [0.2, 0.25) is 0 Å². The van der Waals surface area contributed by atoms with Crippen molar-refractivity contribution < 1.29 is 19.6 Å². The van der Waals surface area contributed by atoms with E-state index in [1.165, 1.54) is 12.3 Å². The van der Waals surface area contributed by atoms with Gasteiger partial charge in [-0.2, -0.15) is 5.10 Å². The Hall–Kier alpha value is -3.62. The molecule has 0 heterocycles. The molecule has 0 atom stereocenters. The number of nitrogens with zero attached hydrogens (tertiary/aromatic N) is 2. The summed E-state index contributed by atoms with van der Waals surface area (Å²) in [5.74, 6) is -1.13. The first kappa shape index (κ1) is 17.7. The Bertz CT molecular complexity index is 835. The van der Waals surface area contributed by atoms with Crippen LogP contribution >= 0.6 is 0 Å². The number of hydrogen-bond acceptors (Lipinski definition) is 7. The third kappa shape index (κ3) is 4.22. The third-order valence-electron chi connectivity index (χ3n) is 3.16. The van der Waals surface area contributed by atoms with Crippen molar-refractivity contribution >= 4 is 23.5 Å². The fourth-order valence-corrected chi connectivity index (χ4v) is 2.02. The summed E-state index contributed by atoms with van der Waals surface area (Å²) in [6.07, 6.45) is 1.20. The molecule has 0 radical (unpaired) electrons. The zero-order chi connectivity index (χ0) is 18.4. The van der Waals surface area contributed by atoms with Gasteiger partial charge in [-0.25, -0.2) is 5.43 Å². The molecule has 0 unspecified atom stereocenters. The second-order valence-electron chi connectivity index (χ2n) is 4.86. The van der Waals surface area contributed by atoms with Crippen LogP contribution in [0, 0.1) is 10.1 Å². The molecule has 0 aromatic heterocycles. The highest BCUT2D eigenvalue weighted by Crippen LogP contribution is 2.36. The normalized spacial score (nSPS) is 10.6. The van der Waals surface area contributed by atoms with Gasteiger partial charge in [0.05, 0.1) is 23.3 Å². The molecule has 4 N–H and O–H groups in total. The largest absolute Gasteiger partial charge is 0.500 e. The smallest absolute Gasteiger partial charge is 0.315 e. The van der Waals surface area contributed by atoms with E-state index in [0.29, 0.717) is 5.69 Å². The Morgan fingerprint density at radius 3 is 2.80 bits per heavy atom. The zero-order valence-corrected chi connectivity index (χ0v) is 13.3. The maximum atomic E-state index is 12.0. The second kappa shape index (κ2) is 7.77. The van der Waals surface area contributed by atoms with Gasteiger partial charge < -0.3 is 15.6 Å². The Labute approximate surface area is 142 Å². The number of hydrazone groups is 1. The number of para-hydroxylation sites is 1. The van der Waals surface area contributed by atoms with Crippen LogP contribution in [0.5, 0.6) is 11.5 Å². The van der Waals surface area contributed by atoms with Crippen LogP contribution in [-0.4, -0.2) is 28.8 Å². The SMILES string of the molecule is CCOc1cc(/C=N/NC(=O)c2ccccc2N)cc([N+](=O)[O-])c1O. The lowest BCUT2D eigenvalue weighted by Crippen LogP contribution is -2.19. The molecular weight excluding hydrogens is 328 g/mol. The van der Waals surface area contributed by atoms with Crippen LogP contribution in [-0.2, 0) is 0 Å². The number of carbonyl (C=O) groups excluding carboxylic acids is 1. The number of nitro groups is 1. The third-order valence-corrected chi connectivity index (χ3v) is 3.16. The first-order chi connectivity index (χ1) is 11.9. The molecule has 25 heavy (non-hydrogen) atoms. The molecule has 9 nitrogen and oxygen atoms in total. The number of nitrogen functional groups attached to an aromatic ring is 1. The number of phenols is 1. The predicted octanol–water partition coefficient (Wildman–Crippen LogP) is 2.05. The number of nitrogens with one attached hydrogen (secondary N) is 1. The lowest BCUT2D eigenvalue weighted by Gasteiger charge is -2.07. The first-order valence-electron chi connectivity index (χ1n) is 7.26. The molecule has 2 rings (SSSR count). The van der Waals surface area contributed by atoms with Crippen LogP contribution in [0.15, 0.2) is 41.5 Å². The zero-order valence-electron chi connectivity index (χ0n) is 13.3. The summed E-state index contributed by atoms with van der Waals surface area (Å²) >= 11 is 0. The summed E-state index contributed by atoms with van der Waals surface area (Å²) in [5.41, 5.74) is 8.28. The van der Waals surface area contributed by atoms with E-state index in [0.717, 1.165) is 6.07 Å². The average Bonchev–Trinajstić information content (AvgIpc) is 2.57. The number of nitro benzene ring substituents is 1. The van der Waals surface area contributed by atoms with Crippen molar-refractivity contribution in [2.24, 2.45) is 5.10 Å². The number of amides is 1. The molecule has 2 aromatic carbocycles. The maximum Gasteiger partial charge on any atom is 0.315 e. The number of benzene rings is 2. The quantitative estimate of drug-likeness (QED) is 0.317. The fraction of sp³-hybridized carbons (Fsp3) is 0.125. The van der Waals surface area contributed by atoms with Gasteiger partial charge >= 0.3 is 5.69 Å². The van der Waals surface area contributed by atoms with E-state index < -0.39 is 22.3 Å². The molecule has 0 spiro atoms. The molecule has 0 aliphatic carbocycles. The van der Waals surface area contributed by atoms with Gasteiger partial charge in [0, 0.05) is 17.3 Å². The highest BCUT2D eigenvalue weighted by atomic mass is 16.6. The van der Waals surface area contributed by atoms with Crippen molar-refractivity contribution in [2.45, 2.75) is 6.92 Å². The van der Waals surface area contributed by atoms with Gasteiger partial charge in [-0.3, -0.25) is 14.9 Å². The minimum atomic E-state index is -0.738. The van der Waals surface area contributed by atoms with Crippen molar-refractivity contribution in [3.05, 3.63) is 57.6 Å². The van der Waals surface area contributed by atoms with Crippen LogP contribution in [0.4, 0.5) is 11.4 Å². The fourth-order valence-electron chi connectivity index (χ4n) is 2.02. The summed E-state index contributed by atoms with van der Waals surface area (Å²) in [4.78, 5) is 22.2. The van der Waals surface area contributed by atoms with Crippen molar-refractivity contribution in [1.82, 2.24) is 5.43 Å². The van der Waals surface area contributed by atoms with Crippen LogP contribution in [0.25, 0.3) is 0 Å². The first-order valence-corrected chi connectivity index (χ1v) is 7.26. The van der Waals surface area contributed by atoms with Gasteiger partial charge in [0.1, 0.15) is 0 Å². The molecular formula is C16H16N4O5. The Kier molecular flexibility index (Phi) is 5.51. The van der Waals surface area contributed by atoms with Gasteiger partial charge in [-0.1, -0.05) is 12.1 Å². The molecule has 0 fully saturated rings. The van der Waals surface area contributed by atoms with Gasteiger partial charge in [-0.05, 0) is 25.1 Å². The standard InChI is InChI=1S/C16H16N4O5/c1-2-25-14-8-10(7-13(15(14)21)20(23)24)9-18-19-16(22)11-5-3-4-6-12(11)17/h3-9,21H,2,17H2,1H3,(H,19,22)/b18-9+. The van der Waals surface area contributed by atoms with Crippen molar-refractivity contribution in [3.8, 4) is 11.5 Å². The van der Waals surface area contributed by atoms with Crippen LogP contribution in [0.1, 0.15) is 22.8 Å². The molecule has 9 heteroatoms. The maximum absolute atomic E-state index is 12.0. The van der Waals surface area contributed by atoms with E-state index in [2.05, 4.69) is 10.5 Å². The minimum absolute atomic E-state index is 0.0446. The van der Waals surface area contributed by atoms with Crippen molar-refractivity contribution in [1.29, 1.82) is 0 Å². The van der Waals surface area contributed by atoms with Crippen LogP contribution < -0.4 is 15.9 Å². The highest BCUT2D eigenvalue weighted by molar-refractivity contribution is 5.99. The molecule has 0 aliphatic rings. The van der Waals surface area contributed by atoms with E-state index >= 15 is 0 Å². The van der Waals surface area contributed by atoms with E-state index in [9.17, 15) is 20.0 Å². The van der Waals surface area contributed by atoms with Crippen LogP contribution in [0.3, 0.4) is 0 Å². The van der Waals surface area contributed by atoms with Gasteiger partial charge in [0.2, 0.25) is 5.75 Å². The number of hydrogen-bond donors (Lipinski definition) is 3. The molecule has 0 saturated heterocycles. The van der Waals surface area contributed by atoms with E-state index in [-0.39, 0.29) is 23.5 Å². The van der Waals surface area contributed by atoms with Gasteiger partial charge in [0.15, 0.2) is 5.75 Å². The molecule has 0 saturated carbocycles. The molecule has 130 valence electrons. The lowest BCUT2D eigenvalue weighted by molar-refractivity contribution is -0.386. The van der Waals surface area contributed by atoms with Crippen molar-refractivity contribution in [3.63, 3.8) is 0 Å². The summed E-state index contributed by atoms with van der Waals surface area (Å²) in [7, 11) is 0. The number of aromatic hydroxyl groups is 1. The molecule has 1 amide bonds. The number of rotatable bonds is 6. The Morgan fingerprint density at radius 2 is 2.16 bits per heavy atom. The van der Waals surface area contributed by atoms with Gasteiger partial charge in [0.25, 0.3) is 5.91 Å². The minimum Gasteiger partial charge on any atom is -0.500 e. The number of phenolic OH excluding ortho intramolecular Hbond substituents is 1. The predicted molar refractivity (Wildman–Crippen MR) is 91.8 cm³/mol. The second-order valence-corrected chi connectivity index (χ2v) is 4.86. The summed E-state index contributed by atoms with van der Waals surface area (Å²) in [6, 6.07) is 8.96. The molecule has 0 bridgehead atoms. The topological polar surface area (TPSA) is 140 Å². The highest BCUT2D eigenvalue weighted by Gasteiger charge is 2.19. The Balaban J connectivity index is 2.21. The number of anilines is 1. The van der Waals surface area contributed by atoms with E-state index in [1.807, 2.05) is 0 Å². The lowest BCUT2D eigenvalue weighted by atomic mass is 10.2. The number of carbonyl (C=O) groups is 1. The summed E-state index contributed by atoms with van der Waals surface area (Å²) < 4.78 is 5.16. The van der Waals surface area contributed by atoms with E-state index in [4.69, 9.17) is 10.5 Å². The Morgan fingerprint density at radius 1 is 1.44 bits per heavy atom. The molecule has 2 aromatic rings. The number of nitrogens with two attached hydrogens (primary N) is 1. The van der Waals surface area contributed by atoms with Gasteiger partial charge in [-0.15, -0.1) is 0 Å². The summed E-state index contributed by atoms with van der Waals surface area (Å²) in [6.45, 7) is 1.89. The summed E-state index contributed by atoms with van der Waals surface area (Å²) in [5, 5.41) is 24.6. The number of ether oxygens (including phenoxy) is 1.